The fourth-order valence-corrected chi connectivity index (χ4v) is 3.99. The number of thioether (sulfide) groups is 1. The van der Waals surface area contributed by atoms with Crippen molar-refractivity contribution in [1.29, 1.82) is 0 Å². The van der Waals surface area contributed by atoms with E-state index in [-0.39, 0.29) is 30.2 Å². The van der Waals surface area contributed by atoms with Crippen molar-refractivity contribution in [3.8, 4) is 0 Å². The van der Waals surface area contributed by atoms with Crippen LogP contribution in [0, 0.1) is 5.82 Å². The van der Waals surface area contributed by atoms with E-state index < -0.39 is 0 Å². The van der Waals surface area contributed by atoms with Crippen LogP contribution in [-0.2, 0) is 9.59 Å². The Bertz CT molecular complexity index is 843. The lowest BCUT2D eigenvalue weighted by Gasteiger charge is -2.29. The SMILES string of the molecule is CN(C)C(CNC(=O)CN1C(=O)CSc2ccccc21)c1cccc(F)c1. The summed E-state index contributed by atoms with van der Waals surface area (Å²) in [5.74, 6) is -0.302. The molecular formula is C20H22FN3O2S. The number of carbonyl (C=O) groups is 2. The van der Waals surface area contributed by atoms with E-state index >= 15 is 0 Å². The van der Waals surface area contributed by atoms with Crippen molar-refractivity contribution in [2.45, 2.75) is 10.9 Å². The molecule has 1 heterocycles. The van der Waals surface area contributed by atoms with Gasteiger partial charge in [-0.05, 0) is 43.9 Å². The Hall–Kier alpha value is -2.38. The maximum atomic E-state index is 13.5. The molecule has 27 heavy (non-hydrogen) atoms. The van der Waals surface area contributed by atoms with Gasteiger partial charge in [0.15, 0.2) is 0 Å². The van der Waals surface area contributed by atoms with Crippen LogP contribution in [0.5, 0.6) is 0 Å². The summed E-state index contributed by atoms with van der Waals surface area (Å²) < 4.78 is 13.5. The molecule has 0 bridgehead atoms. The number of amides is 2. The zero-order chi connectivity index (χ0) is 19.4. The number of halogens is 1. The van der Waals surface area contributed by atoms with Gasteiger partial charge >= 0.3 is 0 Å². The van der Waals surface area contributed by atoms with Crippen molar-refractivity contribution < 1.29 is 14.0 Å². The second-order valence-corrected chi connectivity index (χ2v) is 7.59. The Morgan fingerprint density at radius 1 is 1.26 bits per heavy atom. The van der Waals surface area contributed by atoms with E-state index in [0.29, 0.717) is 12.3 Å². The molecule has 1 aliphatic rings. The first-order chi connectivity index (χ1) is 13.0. The van der Waals surface area contributed by atoms with E-state index in [9.17, 15) is 14.0 Å². The number of nitrogens with one attached hydrogen (secondary N) is 1. The summed E-state index contributed by atoms with van der Waals surface area (Å²) in [7, 11) is 3.76. The van der Waals surface area contributed by atoms with Gasteiger partial charge in [0.2, 0.25) is 11.8 Å². The molecule has 0 saturated carbocycles. The first kappa shape index (κ1) is 19.4. The average Bonchev–Trinajstić information content (AvgIpc) is 2.64. The fourth-order valence-electron chi connectivity index (χ4n) is 3.05. The molecule has 1 atom stereocenters. The van der Waals surface area contributed by atoms with Crippen LogP contribution >= 0.6 is 11.8 Å². The van der Waals surface area contributed by atoms with Gasteiger partial charge in [0, 0.05) is 11.4 Å². The highest BCUT2D eigenvalue weighted by Gasteiger charge is 2.26. The van der Waals surface area contributed by atoms with Crippen LogP contribution in [0.15, 0.2) is 53.4 Å². The van der Waals surface area contributed by atoms with Crippen LogP contribution in [0.25, 0.3) is 0 Å². The van der Waals surface area contributed by atoms with Crippen molar-refractivity contribution in [3.05, 3.63) is 59.9 Å². The van der Waals surface area contributed by atoms with Crippen molar-refractivity contribution in [3.63, 3.8) is 0 Å². The van der Waals surface area contributed by atoms with Gasteiger partial charge in [0.1, 0.15) is 12.4 Å². The van der Waals surface area contributed by atoms with Crippen LogP contribution in [0.3, 0.4) is 0 Å². The molecule has 0 fully saturated rings. The number of hydrogen-bond donors (Lipinski definition) is 1. The number of carbonyl (C=O) groups excluding carboxylic acids is 2. The predicted octanol–water partition coefficient (Wildman–Crippen LogP) is 2.68. The highest BCUT2D eigenvalue weighted by atomic mass is 32.2. The molecule has 7 heteroatoms. The minimum absolute atomic E-state index is 0.0281. The van der Waals surface area contributed by atoms with Gasteiger partial charge in [-0.3, -0.25) is 9.59 Å². The number of rotatable bonds is 6. The van der Waals surface area contributed by atoms with E-state index in [4.69, 9.17) is 0 Å². The Balaban J connectivity index is 1.66. The number of likely N-dealkylation sites (N-methyl/N-ethyl adjacent to an activating group) is 1. The molecule has 1 unspecified atom stereocenters. The van der Waals surface area contributed by atoms with E-state index in [0.717, 1.165) is 16.1 Å². The van der Waals surface area contributed by atoms with Crippen LogP contribution in [0.1, 0.15) is 11.6 Å². The largest absolute Gasteiger partial charge is 0.353 e. The molecule has 3 rings (SSSR count). The number of fused-ring (bicyclic) bond motifs is 1. The van der Waals surface area contributed by atoms with Crippen molar-refractivity contribution in [2.75, 3.05) is 37.8 Å². The van der Waals surface area contributed by atoms with Gasteiger partial charge < -0.3 is 15.1 Å². The molecule has 0 radical (unpaired) electrons. The number of benzene rings is 2. The smallest absolute Gasteiger partial charge is 0.240 e. The molecule has 142 valence electrons. The lowest BCUT2D eigenvalue weighted by Crippen LogP contribution is -2.45. The van der Waals surface area contributed by atoms with Gasteiger partial charge in [-0.25, -0.2) is 4.39 Å². The molecule has 1 aliphatic heterocycles. The third-order valence-corrected chi connectivity index (χ3v) is 5.51. The summed E-state index contributed by atoms with van der Waals surface area (Å²) in [6.45, 7) is 0.299. The summed E-state index contributed by atoms with van der Waals surface area (Å²) in [5.41, 5.74) is 1.55. The Morgan fingerprint density at radius 2 is 2.04 bits per heavy atom. The quantitative estimate of drug-likeness (QED) is 0.828. The molecule has 5 nitrogen and oxygen atoms in total. The van der Waals surface area contributed by atoms with Gasteiger partial charge in [-0.1, -0.05) is 24.3 Å². The minimum atomic E-state index is -0.307. The summed E-state index contributed by atoms with van der Waals surface area (Å²) in [5, 5.41) is 2.88. The van der Waals surface area contributed by atoms with Gasteiger partial charge in [-0.2, -0.15) is 0 Å². The molecule has 2 amide bonds. The lowest BCUT2D eigenvalue weighted by atomic mass is 10.1. The second kappa shape index (κ2) is 8.54. The molecule has 0 spiro atoms. The number of hydrogen-bond acceptors (Lipinski definition) is 4. The van der Waals surface area contributed by atoms with Crippen LogP contribution < -0.4 is 10.2 Å². The van der Waals surface area contributed by atoms with Crippen LogP contribution in [-0.4, -0.2) is 49.7 Å². The Morgan fingerprint density at radius 3 is 2.78 bits per heavy atom. The Labute approximate surface area is 162 Å². The predicted molar refractivity (Wildman–Crippen MR) is 105 cm³/mol. The topological polar surface area (TPSA) is 52.7 Å². The maximum absolute atomic E-state index is 13.5. The van der Waals surface area contributed by atoms with E-state index in [1.807, 2.05) is 49.3 Å². The molecule has 2 aromatic carbocycles. The minimum Gasteiger partial charge on any atom is -0.353 e. The molecule has 0 saturated heterocycles. The van der Waals surface area contributed by atoms with E-state index in [2.05, 4.69) is 5.32 Å². The van der Waals surface area contributed by atoms with Gasteiger partial charge in [-0.15, -0.1) is 11.8 Å². The Kier molecular flexibility index (Phi) is 6.13. The maximum Gasteiger partial charge on any atom is 0.240 e. The van der Waals surface area contributed by atoms with Gasteiger partial charge in [0.05, 0.1) is 17.5 Å². The van der Waals surface area contributed by atoms with E-state index in [1.165, 1.54) is 28.8 Å². The lowest BCUT2D eigenvalue weighted by molar-refractivity contribution is -0.123. The zero-order valence-electron chi connectivity index (χ0n) is 15.3. The average molecular weight is 387 g/mol. The van der Waals surface area contributed by atoms with Gasteiger partial charge in [0.25, 0.3) is 0 Å². The van der Waals surface area contributed by atoms with Crippen molar-refractivity contribution in [2.24, 2.45) is 0 Å². The van der Waals surface area contributed by atoms with Crippen molar-refractivity contribution >= 4 is 29.3 Å². The monoisotopic (exact) mass is 387 g/mol. The third-order valence-electron chi connectivity index (χ3n) is 4.46. The highest BCUT2D eigenvalue weighted by Crippen LogP contribution is 2.34. The van der Waals surface area contributed by atoms with Crippen LogP contribution in [0.2, 0.25) is 0 Å². The summed E-state index contributed by atoms with van der Waals surface area (Å²) in [4.78, 5) is 29.2. The second-order valence-electron chi connectivity index (χ2n) is 6.57. The molecule has 0 aromatic heterocycles. The third kappa shape index (κ3) is 4.67. The summed E-state index contributed by atoms with van der Waals surface area (Å²) in [6, 6.07) is 13.8. The fraction of sp³-hybridized carbons (Fsp3) is 0.300. The number of anilines is 1. The normalized spacial score (nSPS) is 14.8. The summed E-state index contributed by atoms with van der Waals surface area (Å²) >= 11 is 1.48. The van der Waals surface area contributed by atoms with Crippen molar-refractivity contribution in [1.82, 2.24) is 10.2 Å². The zero-order valence-corrected chi connectivity index (χ0v) is 16.1. The van der Waals surface area contributed by atoms with Crippen LogP contribution in [0.4, 0.5) is 10.1 Å². The first-order valence-corrected chi connectivity index (χ1v) is 9.65. The highest BCUT2D eigenvalue weighted by molar-refractivity contribution is 8.00. The molecular weight excluding hydrogens is 365 g/mol. The number of nitrogens with zero attached hydrogens (tertiary/aromatic N) is 2. The molecule has 2 aromatic rings. The number of para-hydroxylation sites is 1. The first-order valence-electron chi connectivity index (χ1n) is 8.66. The summed E-state index contributed by atoms with van der Waals surface area (Å²) in [6.07, 6.45) is 0. The molecule has 1 N–H and O–H groups in total. The molecule has 0 aliphatic carbocycles. The standard InChI is InChI=1S/C20H22FN3O2S/c1-23(2)17(14-6-5-7-15(21)10-14)11-22-19(25)12-24-16-8-3-4-9-18(16)27-13-20(24)26/h3-10,17H,11-13H2,1-2H3,(H,22,25). The van der Waals surface area contributed by atoms with E-state index in [1.54, 1.807) is 6.07 Å².